The second kappa shape index (κ2) is 9.94. The Morgan fingerprint density at radius 1 is 1.20 bits per heavy atom. The number of ether oxygens (including phenoxy) is 1. The van der Waals surface area contributed by atoms with E-state index in [1.807, 2.05) is 0 Å². The molecule has 6 nitrogen and oxygen atoms in total. The van der Waals surface area contributed by atoms with E-state index in [1.54, 1.807) is 19.0 Å². The fraction of sp³-hybridized carbons (Fsp3) is 0.889. The van der Waals surface area contributed by atoms with Crippen LogP contribution in [-0.2, 0) is 9.53 Å². The number of hydrogen-bond donors (Lipinski definition) is 1. The largest absolute Gasteiger partial charge is 0.381 e. The lowest BCUT2D eigenvalue weighted by molar-refractivity contribution is -0.127. The van der Waals surface area contributed by atoms with Crippen LogP contribution in [0.15, 0.2) is 4.99 Å². The predicted molar refractivity (Wildman–Crippen MR) is 110 cm³/mol. The van der Waals surface area contributed by atoms with Crippen molar-refractivity contribution in [3.8, 4) is 0 Å². The summed E-state index contributed by atoms with van der Waals surface area (Å²) in [6.45, 7) is 4.15. The molecule has 0 aromatic heterocycles. The monoisotopic (exact) mass is 464 g/mol. The van der Waals surface area contributed by atoms with E-state index in [1.165, 1.54) is 38.5 Å². The molecule has 2 atom stereocenters. The van der Waals surface area contributed by atoms with Gasteiger partial charge in [-0.2, -0.15) is 0 Å². The summed E-state index contributed by atoms with van der Waals surface area (Å²) in [6.07, 6.45) is 7.43. The Morgan fingerprint density at radius 3 is 2.60 bits per heavy atom. The first-order valence-corrected chi connectivity index (χ1v) is 9.47. The summed E-state index contributed by atoms with van der Waals surface area (Å²) in [5, 5.41) is 3.64. The van der Waals surface area contributed by atoms with Gasteiger partial charge in [-0.3, -0.25) is 4.79 Å². The Morgan fingerprint density at radius 2 is 1.96 bits per heavy atom. The molecule has 3 rings (SSSR count). The van der Waals surface area contributed by atoms with Gasteiger partial charge in [0.05, 0.1) is 0 Å². The number of carbonyl (C=O) groups excluding carboxylic acids is 1. The van der Waals surface area contributed by atoms with Crippen molar-refractivity contribution in [2.24, 2.45) is 16.8 Å². The van der Waals surface area contributed by atoms with Crippen molar-refractivity contribution in [1.82, 2.24) is 15.1 Å². The molecule has 2 saturated heterocycles. The average molecular weight is 464 g/mol. The minimum Gasteiger partial charge on any atom is -0.381 e. The van der Waals surface area contributed by atoms with Crippen molar-refractivity contribution < 1.29 is 9.53 Å². The quantitative estimate of drug-likeness (QED) is 0.393. The highest BCUT2D eigenvalue weighted by Crippen LogP contribution is 2.30. The molecule has 25 heavy (non-hydrogen) atoms. The normalized spacial score (nSPS) is 27.4. The molecule has 0 aromatic carbocycles. The summed E-state index contributed by atoms with van der Waals surface area (Å²) in [5.41, 5.74) is 0. The molecule has 3 aliphatic rings. The standard InChI is InChI=1S/C18H32N4O2.HI/c1-21(2)17(23)11-19-18(20-16-5-3-4-6-16)22-9-7-14(12-22)15-8-10-24-13-15;/h14-16H,3-13H2,1-2H3,(H,19,20);1H. The maximum absolute atomic E-state index is 11.9. The van der Waals surface area contributed by atoms with Crippen LogP contribution in [0.25, 0.3) is 0 Å². The van der Waals surface area contributed by atoms with Gasteiger partial charge in [0, 0.05) is 46.4 Å². The number of rotatable bonds is 4. The number of nitrogens with one attached hydrogen (secondary N) is 1. The Balaban J connectivity index is 0.00000225. The number of halogens is 1. The second-order valence-electron chi connectivity index (χ2n) is 7.67. The molecular weight excluding hydrogens is 431 g/mol. The molecular formula is C18H33IN4O2. The number of likely N-dealkylation sites (tertiary alicyclic amines) is 1. The number of aliphatic imine (C=N–C) groups is 1. The lowest BCUT2D eigenvalue weighted by Crippen LogP contribution is -2.45. The van der Waals surface area contributed by atoms with Crippen LogP contribution in [0.4, 0.5) is 0 Å². The van der Waals surface area contributed by atoms with Crippen molar-refractivity contribution >= 4 is 35.8 Å². The zero-order valence-corrected chi connectivity index (χ0v) is 17.9. The zero-order chi connectivity index (χ0) is 16.9. The number of nitrogens with zero attached hydrogens (tertiary/aromatic N) is 3. The molecule has 0 radical (unpaired) electrons. The van der Waals surface area contributed by atoms with Crippen LogP contribution < -0.4 is 5.32 Å². The Hall–Kier alpha value is -0.570. The van der Waals surface area contributed by atoms with Crippen LogP contribution in [0.5, 0.6) is 0 Å². The summed E-state index contributed by atoms with van der Waals surface area (Å²) in [4.78, 5) is 20.6. The molecule has 2 unspecified atom stereocenters. The molecule has 1 N–H and O–H groups in total. The SMILES string of the molecule is CN(C)C(=O)CN=C(NC1CCCC1)N1CCC(C2CCOC2)C1.I. The third-order valence-corrected chi connectivity index (χ3v) is 5.71. The van der Waals surface area contributed by atoms with Gasteiger partial charge in [0.25, 0.3) is 0 Å². The first-order chi connectivity index (χ1) is 11.6. The second-order valence-corrected chi connectivity index (χ2v) is 7.67. The van der Waals surface area contributed by atoms with Crippen molar-refractivity contribution in [2.45, 2.75) is 44.6 Å². The topological polar surface area (TPSA) is 57.2 Å². The van der Waals surface area contributed by atoms with Crippen molar-refractivity contribution in [1.29, 1.82) is 0 Å². The maximum atomic E-state index is 11.9. The van der Waals surface area contributed by atoms with Gasteiger partial charge in [-0.15, -0.1) is 24.0 Å². The highest BCUT2D eigenvalue weighted by atomic mass is 127. The summed E-state index contributed by atoms with van der Waals surface area (Å²) < 4.78 is 5.56. The minimum atomic E-state index is 0. The average Bonchev–Trinajstić information content (AvgIpc) is 3.32. The summed E-state index contributed by atoms with van der Waals surface area (Å²) >= 11 is 0. The molecule has 7 heteroatoms. The van der Waals surface area contributed by atoms with Gasteiger partial charge in [-0.1, -0.05) is 12.8 Å². The number of likely N-dealkylation sites (N-methyl/N-ethyl adjacent to an activating group) is 1. The first kappa shape index (κ1) is 20.7. The van der Waals surface area contributed by atoms with E-state index in [4.69, 9.17) is 4.74 Å². The minimum absolute atomic E-state index is 0. The van der Waals surface area contributed by atoms with E-state index in [9.17, 15) is 4.79 Å². The first-order valence-electron chi connectivity index (χ1n) is 9.47. The van der Waals surface area contributed by atoms with Crippen LogP contribution in [0, 0.1) is 11.8 Å². The Bertz CT molecular complexity index is 460. The summed E-state index contributed by atoms with van der Waals surface area (Å²) in [5.74, 6) is 2.40. The molecule has 2 heterocycles. The highest BCUT2D eigenvalue weighted by Gasteiger charge is 2.33. The zero-order valence-electron chi connectivity index (χ0n) is 15.6. The number of guanidine groups is 1. The van der Waals surface area contributed by atoms with Gasteiger partial charge in [0.15, 0.2) is 5.96 Å². The van der Waals surface area contributed by atoms with Gasteiger partial charge in [-0.05, 0) is 37.5 Å². The molecule has 0 bridgehead atoms. The van der Waals surface area contributed by atoms with Crippen molar-refractivity contribution in [3.05, 3.63) is 0 Å². The van der Waals surface area contributed by atoms with E-state index in [0.29, 0.717) is 17.9 Å². The smallest absolute Gasteiger partial charge is 0.243 e. The van der Waals surface area contributed by atoms with Gasteiger partial charge in [-0.25, -0.2) is 4.99 Å². The predicted octanol–water partition coefficient (Wildman–Crippen LogP) is 1.94. The van der Waals surface area contributed by atoms with Gasteiger partial charge in [0.1, 0.15) is 6.54 Å². The Kier molecular flexibility index (Phi) is 8.25. The van der Waals surface area contributed by atoms with Gasteiger partial charge < -0.3 is 19.9 Å². The lowest BCUT2D eigenvalue weighted by atomic mass is 9.91. The molecule has 1 amide bonds. The number of amides is 1. The molecule has 3 fully saturated rings. The third kappa shape index (κ3) is 5.70. The summed E-state index contributed by atoms with van der Waals surface area (Å²) in [7, 11) is 3.57. The Labute approximate surface area is 168 Å². The van der Waals surface area contributed by atoms with Crippen LogP contribution in [-0.4, -0.2) is 74.7 Å². The molecule has 144 valence electrons. The third-order valence-electron chi connectivity index (χ3n) is 5.71. The lowest BCUT2D eigenvalue weighted by Gasteiger charge is -2.26. The maximum Gasteiger partial charge on any atom is 0.243 e. The van der Waals surface area contributed by atoms with Crippen LogP contribution >= 0.6 is 24.0 Å². The molecule has 0 aromatic rings. The fourth-order valence-corrected chi connectivity index (χ4v) is 4.06. The van der Waals surface area contributed by atoms with Crippen LogP contribution in [0.2, 0.25) is 0 Å². The number of carbonyl (C=O) groups is 1. The van der Waals surface area contributed by atoms with Crippen molar-refractivity contribution in [3.63, 3.8) is 0 Å². The van der Waals surface area contributed by atoms with Gasteiger partial charge in [0.2, 0.25) is 5.91 Å². The van der Waals surface area contributed by atoms with Crippen molar-refractivity contribution in [2.75, 3.05) is 46.9 Å². The van der Waals surface area contributed by atoms with Gasteiger partial charge >= 0.3 is 0 Å². The van der Waals surface area contributed by atoms with Crippen LogP contribution in [0.3, 0.4) is 0 Å². The highest BCUT2D eigenvalue weighted by molar-refractivity contribution is 14.0. The van der Waals surface area contributed by atoms with E-state index in [2.05, 4.69) is 15.2 Å². The molecule has 1 saturated carbocycles. The fourth-order valence-electron chi connectivity index (χ4n) is 4.06. The van der Waals surface area contributed by atoms with E-state index in [0.717, 1.165) is 32.3 Å². The van der Waals surface area contributed by atoms with E-state index >= 15 is 0 Å². The van der Waals surface area contributed by atoms with Crippen LogP contribution in [0.1, 0.15) is 38.5 Å². The molecule has 0 spiro atoms. The molecule has 1 aliphatic carbocycles. The van der Waals surface area contributed by atoms with E-state index < -0.39 is 0 Å². The molecule has 2 aliphatic heterocycles. The number of hydrogen-bond acceptors (Lipinski definition) is 3. The van der Waals surface area contributed by atoms with E-state index in [-0.39, 0.29) is 36.4 Å². The summed E-state index contributed by atoms with van der Waals surface area (Å²) in [6, 6.07) is 0.520.